The Morgan fingerprint density at radius 2 is 1.83 bits per heavy atom. The summed E-state index contributed by atoms with van der Waals surface area (Å²) in [6.07, 6.45) is 16.9. The first-order chi connectivity index (χ1) is 11.6. The van der Waals surface area contributed by atoms with E-state index in [1.165, 1.54) is 27.9 Å². The third-order valence-electron chi connectivity index (χ3n) is 4.65. The molecule has 1 aliphatic carbocycles. The number of rotatable bonds is 6. The molecule has 0 heteroatoms. The van der Waals surface area contributed by atoms with Crippen molar-refractivity contribution in [3.05, 3.63) is 89.1 Å². The van der Waals surface area contributed by atoms with Crippen LogP contribution in [0.4, 0.5) is 0 Å². The molecular formula is C24H30. The molecule has 0 fully saturated rings. The minimum Gasteiger partial charge on any atom is -0.0836 e. The third-order valence-corrected chi connectivity index (χ3v) is 4.65. The van der Waals surface area contributed by atoms with Crippen molar-refractivity contribution in [1.82, 2.24) is 0 Å². The molecule has 0 saturated carbocycles. The molecule has 1 aromatic carbocycles. The molecule has 0 N–H and O–H groups in total. The van der Waals surface area contributed by atoms with Crippen molar-refractivity contribution in [3.63, 3.8) is 0 Å². The molecule has 1 atom stereocenters. The summed E-state index contributed by atoms with van der Waals surface area (Å²) in [7, 11) is 0. The van der Waals surface area contributed by atoms with Crippen LogP contribution < -0.4 is 0 Å². The van der Waals surface area contributed by atoms with Crippen LogP contribution in [0.2, 0.25) is 0 Å². The van der Waals surface area contributed by atoms with E-state index in [0.29, 0.717) is 5.92 Å². The van der Waals surface area contributed by atoms with Crippen LogP contribution in [0.25, 0.3) is 5.57 Å². The SMILES string of the molecule is CC/C=C(/C=C(/C)C/C(C)=C(/C)c1ccccc1)C1C=CC=CC1. The summed E-state index contributed by atoms with van der Waals surface area (Å²) in [6.45, 7) is 8.96. The summed E-state index contributed by atoms with van der Waals surface area (Å²) in [4.78, 5) is 0. The lowest BCUT2D eigenvalue weighted by atomic mass is 9.89. The van der Waals surface area contributed by atoms with Crippen LogP contribution in [0, 0.1) is 5.92 Å². The summed E-state index contributed by atoms with van der Waals surface area (Å²) in [5.74, 6) is 0.532. The lowest BCUT2D eigenvalue weighted by molar-refractivity contribution is 0.778. The molecule has 1 aliphatic rings. The van der Waals surface area contributed by atoms with Gasteiger partial charge < -0.3 is 0 Å². The van der Waals surface area contributed by atoms with E-state index in [1.807, 2.05) is 0 Å². The highest BCUT2D eigenvalue weighted by Crippen LogP contribution is 2.27. The summed E-state index contributed by atoms with van der Waals surface area (Å²) in [5.41, 5.74) is 7.06. The number of allylic oxidation sites excluding steroid dienone is 10. The van der Waals surface area contributed by atoms with Crippen molar-refractivity contribution < 1.29 is 0 Å². The zero-order valence-electron chi connectivity index (χ0n) is 15.5. The normalized spacial score (nSPS) is 19.4. The number of benzene rings is 1. The smallest absolute Gasteiger partial charge is 0.00525 e. The van der Waals surface area contributed by atoms with E-state index < -0.39 is 0 Å². The topological polar surface area (TPSA) is 0 Å². The molecule has 0 amide bonds. The Balaban J connectivity index is 2.15. The average molecular weight is 319 g/mol. The predicted octanol–water partition coefficient (Wildman–Crippen LogP) is 7.29. The minimum absolute atomic E-state index is 0.532. The van der Waals surface area contributed by atoms with Gasteiger partial charge in [0.05, 0.1) is 0 Å². The second kappa shape index (κ2) is 9.27. The van der Waals surface area contributed by atoms with Gasteiger partial charge in [-0.2, -0.15) is 0 Å². The van der Waals surface area contributed by atoms with Gasteiger partial charge in [0, 0.05) is 5.92 Å². The lowest BCUT2D eigenvalue weighted by Crippen LogP contribution is -2.01. The fourth-order valence-corrected chi connectivity index (χ4v) is 3.20. The first-order valence-electron chi connectivity index (χ1n) is 9.04. The molecule has 126 valence electrons. The second-order valence-electron chi connectivity index (χ2n) is 6.71. The average Bonchev–Trinajstić information content (AvgIpc) is 2.62. The van der Waals surface area contributed by atoms with Crippen molar-refractivity contribution in [2.24, 2.45) is 5.92 Å². The molecule has 0 nitrogen and oxygen atoms in total. The Morgan fingerprint density at radius 1 is 1.08 bits per heavy atom. The Kier molecular flexibility index (Phi) is 7.06. The molecule has 0 spiro atoms. The van der Waals surface area contributed by atoms with Crippen molar-refractivity contribution in [1.29, 1.82) is 0 Å². The molecule has 2 rings (SSSR count). The zero-order chi connectivity index (χ0) is 17.4. The van der Waals surface area contributed by atoms with Crippen LogP contribution in [0.3, 0.4) is 0 Å². The predicted molar refractivity (Wildman–Crippen MR) is 108 cm³/mol. The number of hydrogen-bond donors (Lipinski definition) is 0. The molecule has 0 aromatic heterocycles. The maximum Gasteiger partial charge on any atom is 0.00525 e. The van der Waals surface area contributed by atoms with E-state index in [0.717, 1.165) is 19.3 Å². The Labute approximate surface area is 148 Å². The van der Waals surface area contributed by atoms with Gasteiger partial charge in [-0.1, -0.05) is 84.9 Å². The summed E-state index contributed by atoms with van der Waals surface area (Å²) in [5, 5.41) is 0. The van der Waals surface area contributed by atoms with E-state index in [4.69, 9.17) is 0 Å². The van der Waals surface area contributed by atoms with Crippen LogP contribution in [0.1, 0.15) is 52.5 Å². The first kappa shape index (κ1) is 18.3. The van der Waals surface area contributed by atoms with Gasteiger partial charge in [0.25, 0.3) is 0 Å². The lowest BCUT2D eigenvalue weighted by Gasteiger charge is -2.16. The van der Waals surface area contributed by atoms with Crippen LogP contribution in [-0.2, 0) is 0 Å². The van der Waals surface area contributed by atoms with Crippen LogP contribution in [0.5, 0.6) is 0 Å². The maximum atomic E-state index is 2.40. The summed E-state index contributed by atoms with van der Waals surface area (Å²) in [6, 6.07) is 10.7. The van der Waals surface area contributed by atoms with Gasteiger partial charge in [0.15, 0.2) is 0 Å². The fraction of sp³-hybridized carbons (Fsp3) is 0.333. The van der Waals surface area contributed by atoms with Gasteiger partial charge in [-0.15, -0.1) is 0 Å². The van der Waals surface area contributed by atoms with Gasteiger partial charge in [-0.3, -0.25) is 0 Å². The standard InChI is InChI=1S/C24H30/c1-5-12-24(23-15-10-7-11-16-23)18-19(2)17-20(3)21(4)22-13-8-6-9-14-22/h6-15,18,23H,5,16-17H2,1-4H3/b19-18-,21-20-,24-12-. The second-order valence-corrected chi connectivity index (χ2v) is 6.71. The van der Waals surface area contributed by atoms with Crippen molar-refractivity contribution in [2.45, 2.75) is 47.0 Å². The molecule has 1 unspecified atom stereocenters. The molecule has 24 heavy (non-hydrogen) atoms. The van der Waals surface area contributed by atoms with Crippen molar-refractivity contribution in [2.75, 3.05) is 0 Å². The quantitative estimate of drug-likeness (QED) is 0.483. The van der Waals surface area contributed by atoms with E-state index in [-0.39, 0.29) is 0 Å². The van der Waals surface area contributed by atoms with E-state index in [9.17, 15) is 0 Å². The molecule has 0 bridgehead atoms. The van der Waals surface area contributed by atoms with Crippen LogP contribution in [0.15, 0.2) is 83.5 Å². The molecule has 0 aliphatic heterocycles. The molecule has 0 radical (unpaired) electrons. The van der Waals surface area contributed by atoms with Crippen molar-refractivity contribution in [3.8, 4) is 0 Å². The van der Waals surface area contributed by atoms with Gasteiger partial charge >= 0.3 is 0 Å². The maximum absolute atomic E-state index is 2.40. The highest BCUT2D eigenvalue weighted by atomic mass is 14.1. The Morgan fingerprint density at radius 3 is 2.46 bits per heavy atom. The van der Waals surface area contributed by atoms with Gasteiger partial charge in [-0.25, -0.2) is 0 Å². The molecule has 0 heterocycles. The third kappa shape index (κ3) is 5.23. The Bertz CT molecular complexity index is 678. The monoisotopic (exact) mass is 318 g/mol. The van der Waals surface area contributed by atoms with Gasteiger partial charge in [0.1, 0.15) is 0 Å². The fourth-order valence-electron chi connectivity index (χ4n) is 3.20. The molecular weight excluding hydrogens is 288 g/mol. The summed E-state index contributed by atoms with van der Waals surface area (Å²) >= 11 is 0. The Hall–Kier alpha value is -2.08. The summed E-state index contributed by atoms with van der Waals surface area (Å²) < 4.78 is 0. The van der Waals surface area contributed by atoms with Crippen LogP contribution >= 0.6 is 0 Å². The molecule has 0 saturated heterocycles. The highest BCUT2D eigenvalue weighted by Gasteiger charge is 2.10. The number of hydrogen-bond acceptors (Lipinski definition) is 0. The van der Waals surface area contributed by atoms with Crippen molar-refractivity contribution >= 4 is 5.57 Å². The van der Waals surface area contributed by atoms with Crippen LogP contribution in [-0.4, -0.2) is 0 Å². The zero-order valence-corrected chi connectivity index (χ0v) is 15.5. The first-order valence-corrected chi connectivity index (χ1v) is 9.04. The van der Waals surface area contributed by atoms with Gasteiger partial charge in [0.2, 0.25) is 0 Å². The van der Waals surface area contributed by atoms with Gasteiger partial charge in [-0.05, 0) is 56.7 Å². The highest BCUT2D eigenvalue weighted by molar-refractivity contribution is 5.66. The van der Waals surface area contributed by atoms with E-state index in [1.54, 1.807) is 0 Å². The van der Waals surface area contributed by atoms with E-state index >= 15 is 0 Å². The minimum atomic E-state index is 0.532. The van der Waals surface area contributed by atoms with E-state index in [2.05, 4.69) is 94.5 Å². The largest absolute Gasteiger partial charge is 0.0836 e. The molecule has 1 aromatic rings.